The van der Waals surface area contributed by atoms with Gasteiger partial charge in [0.2, 0.25) is 5.78 Å². The van der Waals surface area contributed by atoms with E-state index in [9.17, 15) is 14.4 Å². The SMILES string of the molecule is CCOC(=O)c1c(-c2ccc(C)cc2)csc1N[C@@H](NC(=O)c1ccccc1)C(=O)c1cccs1. The van der Waals surface area contributed by atoms with Crippen molar-refractivity contribution in [3.8, 4) is 11.1 Å². The fourth-order valence-corrected chi connectivity index (χ4v) is 5.16. The van der Waals surface area contributed by atoms with Gasteiger partial charge >= 0.3 is 5.97 Å². The summed E-state index contributed by atoms with van der Waals surface area (Å²) in [4.78, 5) is 39.7. The molecule has 8 heteroatoms. The van der Waals surface area contributed by atoms with Crippen LogP contribution in [-0.4, -0.2) is 30.4 Å². The average molecular weight is 505 g/mol. The first-order valence-electron chi connectivity index (χ1n) is 11.0. The number of carbonyl (C=O) groups is 3. The van der Waals surface area contributed by atoms with Crippen LogP contribution in [0.4, 0.5) is 5.00 Å². The molecule has 4 rings (SSSR count). The van der Waals surface area contributed by atoms with Gasteiger partial charge in [0.1, 0.15) is 10.6 Å². The van der Waals surface area contributed by atoms with E-state index in [1.807, 2.05) is 42.6 Å². The maximum Gasteiger partial charge on any atom is 0.341 e. The number of ketones is 1. The highest BCUT2D eigenvalue weighted by Crippen LogP contribution is 2.37. The van der Waals surface area contributed by atoms with E-state index in [0.29, 0.717) is 26.6 Å². The molecule has 6 nitrogen and oxygen atoms in total. The number of rotatable bonds is 9. The number of anilines is 1. The third-order valence-corrected chi connectivity index (χ3v) is 7.04. The van der Waals surface area contributed by atoms with Crippen LogP contribution in [0.3, 0.4) is 0 Å². The molecule has 2 aromatic carbocycles. The first-order chi connectivity index (χ1) is 17.0. The van der Waals surface area contributed by atoms with Crippen LogP contribution in [-0.2, 0) is 4.74 Å². The third-order valence-electron chi connectivity index (χ3n) is 5.25. The van der Waals surface area contributed by atoms with Crippen LogP contribution in [0.15, 0.2) is 77.5 Å². The molecular formula is C27H24N2O4S2. The van der Waals surface area contributed by atoms with E-state index >= 15 is 0 Å². The highest BCUT2D eigenvalue weighted by molar-refractivity contribution is 7.15. The number of nitrogens with one attached hydrogen (secondary N) is 2. The van der Waals surface area contributed by atoms with Crippen molar-refractivity contribution < 1.29 is 19.1 Å². The molecule has 2 aromatic heterocycles. The summed E-state index contributed by atoms with van der Waals surface area (Å²) in [5, 5.41) is 10.0. The minimum Gasteiger partial charge on any atom is -0.462 e. The van der Waals surface area contributed by atoms with Crippen LogP contribution in [0.1, 0.15) is 42.9 Å². The Bertz CT molecular complexity index is 1310. The van der Waals surface area contributed by atoms with E-state index < -0.39 is 18.0 Å². The maximum atomic E-state index is 13.3. The second kappa shape index (κ2) is 11.1. The summed E-state index contributed by atoms with van der Waals surface area (Å²) in [5.74, 6) is -1.20. The number of Topliss-reactive ketones (excluding diaryl/α,β-unsaturated/α-hetero) is 1. The smallest absolute Gasteiger partial charge is 0.341 e. The summed E-state index contributed by atoms with van der Waals surface area (Å²) < 4.78 is 5.34. The Balaban J connectivity index is 1.71. The van der Waals surface area contributed by atoms with Gasteiger partial charge in [0, 0.05) is 16.5 Å². The number of thiophene rings is 2. The molecular weight excluding hydrogens is 480 g/mol. The fraction of sp³-hybridized carbons (Fsp3) is 0.148. The minimum atomic E-state index is -1.08. The molecule has 1 amide bonds. The van der Waals surface area contributed by atoms with E-state index in [1.165, 1.54) is 22.7 Å². The molecule has 0 unspecified atom stereocenters. The van der Waals surface area contributed by atoms with Crippen molar-refractivity contribution in [2.24, 2.45) is 0 Å². The van der Waals surface area contributed by atoms with Crippen molar-refractivity contribution in [1.29, 1.82) is 0 Å². The quantitative estimate of drug-likeness (QED) is 0.166. The normalized spacial score (nSPS) is 11.5. The Morgan fingerprint density at radius 3 is 2.34 bits per heavy atom. The van der Waals surface area contributed by atoms with Gasteiger partial charge in [0.15, 0.2) is 6.17 Å². The number of hydrogen-bond donors (Lipinski definition) is 2. The molecule has 2 N–H and O–H groups in total. The maximum absolute atomic E-state index is 13.3. The first-order valence-corrected chi connectivity index (χ1v) is 12.8. The van der Waals surface area contributed by atoms with E-state index in [2.05, 4.69) is 10.6 Å². The van der Waals surface area contributed by atoms with E-state index in [0.717, 1.165) is 11.1 Å². The summed E-state index contributed by atoms with van der Waals surface area (Å²) in [6.45, 7) is 3.95. The predicted octanol–water partition coefficient (Wildman–Crippen LogP) is 6.01. The van der Waals surface area contributed by atoms with Gasteiger partial charge in [-0.2, -0.15) is 0 Å². The van der Waals surface area contributed by atoms with Gasteiger partial charge in [-0.3, -0.25) is 9.59 Å². The van der Waals surface area contributed by atoms with Crippen LogP contribution < -0.4 is 10.6 Å². The summed E-state index contributed by atoms with van der Waals surface area (Å²) in [6.07, 6.45) is -1.08. The number of carbonyl (C=O) groups excluding carboxylic acids is 3. The molecule has 0 saturated heterocycles. The van der Waals surface area contributed by atoms with Crippen LogP contribution in [0.5, 0.6) is 0 Å². The second-order valence-corrected chi connectivity index (χ2v) is 9.53. The molecule has 1 atom stereocenters. The van der Waals surface area contributed by atoms with Gasteiger partial charge in [-0.15, -0.1) is 22.7 Å². The Morgan fingerprint density at radius 2 is 1.69 bits per heavy atom. The molecule has 178 valence electrons. The molecule has 0 spiro atoms. The van der Waals surface area contributed by atoms with Crippen LogP contribution in [0.25, 0.3) is 11.1 Å². The standard InChI is InChI=1S/C27H24N2O4S2/c1-3-33-27(32)22-20(18-13-11-17(2)12-14-18)16-35-26(22)29-24(23(30)21-10-7-15-34-21)28-25(31)19-8-5-4-6-9-19/h4-16,24,29H,3H2,1-2H3,(H,28,31)/t24-/m1/s1. The van der Waals surface area contributed by atoms with Crippen LogP contribution >= 0.6 is 22.7 Å². The van der Waals surface area contributed by atoms with Crippen molar-refractivity contribution >= 4 is 45.3 Å². The number of esters is 1. The van der Waals surface area contributed by atoms with Gasteiger partial charge in [0.05, 0.1) is 11.5 Å². The summed E-state index contributed by atoms with van der Waals surface area (Å²) >= 11 is 2.57. The lowest BCUT2D eigenvalue weighted by Gasteiger charge is -2.20. The fourth-order valence-electron chi connectivity index (χ4n) is 3.48. The predicted molar refractivity (Wildman–Crippen MR) is 140 cm³/mol. The van der Waals surface area contributed by atoms with Crippen molar-refractivity contribution in [1.82, 2.24) is 5.32 Å². The Hall–Kier alpha value is -3.75. The number of aryl methyl sites for hydroxylation is 1. The van der Waals surface area contributed by atoms with Crippen molar-refractivity contribution in [2.75, 3.05) is 11.9 Å². The molecule has 0 aliphatic heterocycles. The first kappa shape index (κ1) is 24.4. The molecule has 0 aliphatic rings. The van der Waals surface area contributed by atoms with Gasteiger partial charge in [0.25, 0.3) is 5.91 Å². The van der Waals surface area contributed by atoms with E-state index in [4.69, 9.17) is 4.74 Å². The third kappa shape index (κ3) is 5.67. The lowest BCUT2D eigenvalue weighted by atomic mass is 10.0. The number of ether oxygens (including phenoxy) is 1. The van der Waals surface area contributed by atoms with E-state index in [1.54, 1.807) is 48.7 Å². The van der Waals surface area contributed by atoms with E-state index in [-0.39, 0.29) is 12.4 Å². The zero-order valence-corrected chi connectivity index (χ0v) is 20.9. The Morgan fingerprint density at radius 1 is 0.943 bits per heavy atom. The molecule has 4 aromatic rings. The van der Waals surface area contributed by atoms with Gasteiger partial charge in [-0.1, -0.05) is 54.1 Å². The van der Waals surface area contributed by atoms with Crippen molar-refractivity contribution in [2.45, 2.75) is 20.0 Å². The second-order valence-electron chi connectivity index (χ2n) is 7.70. The zero-order chi connectivity index (χ0) is 24.8. The number of amides is 1. The molecule has 35 heavy (non-hydrogen) atoms. The Kier molecular flexibility index (Phi) is 7.74. The van der Waals surface area contributed by atoms with Gasteiger partial charge in [-0.25, -0.2) is 4.79 Å². The Labute approximate surface area is 211 Å². The van der Waals surface area contributed by atoms with Crippen LogP contribution in [0.2, 0.25) is 0 Å². The lowest BCUT2D eigenvalue weighted by Crippen LogP contribution is -2.46. The summed E-state index contributed by atoms with van der Waals surface area (Å²) in [7, 11) is 0. The van der Waals surface area contributed by atoms with Gasteiger partial charge < -0.3 is 15.4 Å². The van der Waals surface area contributed by atoms with Gasteiger partial charge in [-0.05, 0) is 43.0 Å². The molecule has 0 aliphatic carbocycles. The average Bonchev–Trinajstić information content (AvgIpc) is 3.55. The highest BCUT2D eigenvalue weighted by atomic mass is 32.1. The largest absolute Gasteiger partial charge is 0.462 e. The van der Waals surface area contributed by atoms with Crippen molar-refractivity contribution in [3.05, 3.63) is 99.1 Å². The number of hydrogen-bond acceptors (Lipinski definition) is 7. The van der Waals surface area contributed by atoms with Crippen molar-refractivity contribution in [3.63, 3.8) is 0 Å². The topological polar surface area (TPSA) is 84.5 Å². The monoisotopic (exact) mass is 504 g/mol. The lowest BCUT2D eigenvalue weighted by molar-refractivity contribution is 0.0528. The molecule has 0 saturated carbocycles. The molecule has 0 fully saturated rings. The molecule has 0 radical (unpaired) electrons. The highest BCUT2D eigenvalue weighted by Gasteiger charge is 2.28. The molecule has 0 bridgehead atoms. The minimum absolute atomic E-state index is 0.212. The zero-order valence-electron chi connectivity index (χ0n) is 19.2. The van der Waals surface area contributed by atoms with Crippen LogP contribution in [0, 0.1) is 6.92 Å². The summed E-state index contributed by atoms with van der Waals surface area (Å²) in [6, 6.07) is 20.0. The number of benzene rings is 2. The molecule has 2 heterocycles. The summed E-state index contributed by atoms with van der Waals surface area (Å²) in [5.41, 5.74) is 3.42.